The molecule has 0 radical (unpaired) electrons. The van der Waals surface area contributed by atoms with Crippen molar-refractivity contribution in [1.29, 1.82) is 5.26 Å². The molecule has 1 aromatic rings. The molecule has 21 heavy (non-hydrogen) atoms. The van der Waals surface area contributed by atoms with E-state index in [2.05, 4.69) is 16.3 Å². The lowest BCUT2D eigenvalue weighted by molar-refractivity contribution is -0.133. The van der Waals surface area contributed by atoms with E-state index >= 15 is 0 Å². The first-order valence-electron chi connectivity index (χ1n) is 7.79. The average molecular weight is 301 g/mol. The first-order valence-corrected chi connectivity index (χ1v) is 8.67. The molecule has 2 saturated carbocycles. The van der Waals surface area contributed by atoms with Crippen LogP contribution in [0.5, 0.6) is 0 Å². The number of rotatable bonds is 3. The molecule has 2 aliphatic carbocycles. The summed E-state index contributed by atoms with van der Waals surface area (Å²) in [5.74, 6) is 0.981. The van der Waals surface area contributed by atoms with E-state index in [0.717, 1.165) is 37.1 Å². The minimum atomic E-state index is -0.323. The molecule has 1 spiro atoms. The van der Waals surface area contributed by atoms with Crippen LogP contribution >= 0.6 is 11.3 Å². The van der Waals surface area contributed by atoms with Crippen LogP contribution in [0.1, 0.15) is 55.1 Å². The topological polar surface area (TPSA) is 56.1 Å². The van der Waals surface area contributed by atoms with Crippen molar-refractivity contribution in [3.05, 3.63) is 21.9 Å². The molecular formula is C16H19N3OS. The molecule has 3 aliphatic rings. The van der Waals surface area contributed by atoms with Crippen molar-refractivity contribution < 1.29 is 4.79 Å². The van der Waals surface area contributed by atoms with Crippen molar-refractivity contribution in [2.24, 2.45) is 5.92 Å². The minimum Gasteiger partial charge on any atom is -0.320 e. The van der Waals surface area contributed by atoms with E-state index in [-0.39, 0.29) is 11.7 Å². The maximum absolute atomic E-state index is 13.0. The van der Waals surface area contributed by atoms with Gasteiger partial charge in [0.15, 0.2) is 0 Å². The Hall–Kier alpha value is -1.38. The fraction of sp³-hybridized carbons (Fsp3) is 0.625. The number of nitrogens with zero attached hydrogens (tertiary/aromatic N) is 2. The van der Waals surface area contributed by atoms with Gasteiger partial charge in [-0.2, -0.15) is 5.26 Å². The lowest BCUT2D eigenvalue weighted by Gasteiger charge is -2.23. The second-order valence-electron chi connectivity index (χ2n) is 6.59. The fourth-order valence-electron chi connectivity index (χ4n) is 3.68. The molecule has 4 nitrogen and oxygen atoms in total. The van der Waals surface area contributed by atoms with Gasteiger partial charge in [0.05, 0.1) is 11.1 Å². The number of thiophene rings is 1. The number of hydrogen-bond donors (Lipinski definition) is 1. The van der Waals surface area contributed by atoms with Gasteiger partial charge in [-0.1, -0.05) is 12.8 Å². The van der Waals surface area contributed by atoms with Crippen molar-refractivity contribution in [1.82, 2.24) is 10.2 Å². The van der Waals surface area contributed by atoms with Crippen molar-refractivity contribution in [2.75, 3.05) is 6.54 Å². The molecule has 1 aromatic heterocycles. The Morgan fingerprint density at radius 3 is 2.81 bits per heavy atom. The summed E-state index contributed by atoms with van der Waals surface area (Å²) >= 11 is 1.59. The van der Waals surface area contributed by atoms with Gasteiger partial charge in [-0.15, -0.1) is 11.3 Å². The number of hydrogen-bond acceptors (Lipinski definition) is 4. The van der Waals surface area contributed by atoms with Crippen LogP contribution in [0.25, 0.3) is 0 Å². The van der Waals surface area contributed by atoms with E-state index in [0.29, 0.717) is 17.4 Å². The highest BCUT2D eigenvalue weighted by Gasteiger charge is 2.53. The molecule has 2 heterocycles. The van der Waals surface area contributed by atoms with Gasteiger partial charge in [0, 0.05) is 16.8 Å². The van der Waals surface area contributed by atoms with E-state index in [9.17, 15) is 4.79 Å². The summed E-state index contributed by atoms with van der Waals surface area (Å²) in [4.78, 5) is 16.1. The largest absolute Gasteiger partial charge is 0.320 e. The summed E-state index contributed by atoms with van der Waals surface area (Å²) in [6.45, 7) is 0.873. The number of carbonyl (C=O) groups excluding carboxylic acids is 1. The van der Waals surface area contributed by atoms with Crippen LogP contribution in [0, 0.1) is 17.2 Å². The van der Waals surface area contributed by atoms with Gasteiger partial charge in [-0.3, -0.25) is 10.1 Å². The molecule has 110 valence electrons. The van der Waals surface area contributed by atoms with Gasteiger partial charge >= 0.3 is 0 Å². The highest BCUT2D eigenvalue weighted by molar-refractivity contribution is 7.10. The molecule has 0 unspecified atom stereocenters. The van der Waals surface area contributed by atoms with Crippen molar-refractivity contribution >= 4 is 17.2 Å². The van der Waals surface area contributed by atoms with Gasteiger partial charge < -0.3 is 4.90 Å². The smallest absolute Gasteiger partial charge is 0.244 e. The number of nitrogens with one attached hydrogen (secondary N) is 1. The van der Waals surface area contributed by atoms with Crippen LogP contribution in [0.3, 0.4) is 0 Å². The summed E-state index contributed by atoms with van der Waals surface area (Å²) in [6.07, 6.45) is 6.66. The molecular weight excluding hydrogens is 282 g/mol. The highest BCUT2D eigenvalue weighted by atomic mass is 32.1. The van der Waals surface area contributed by atoms with E-state index in [1.165, 1.54) is 12.8 Å². The monoisotopic (exact) mass is 301 g/mol. The fourth-order valence-corrected chi connectivity index (χ4v) is 4.57. The number of nitriles is 1. The van der Waals surface area contributed by atoms with E-state index in [1.54, 1.807) is 11.3 Å². The third kappa shape index (κ3) is 2.18. The van der Waals surface area contributed by atoms with Crippen LogP contribution in [-0.4, -0.2) is 22.9 Å². The van der Waals surface area contributed by atoms with Crippen molar-refractivity contribution in [3.63, 3.8) is 0 Å². The summed E-state index contributed by atoms with van der Waals surface area (Å²) in [5.41, 5.74) is 0.374. The molecule has 3 fully saturated rings. The first kappa shape index (κ1) is 13.3. The summed E-state index contributed by atoms with van der Waals surface area (Å²) < 4.78 is 0. The highest BCUT2D eigenvalue weighted by Crippen LogP contribution is 2.44. The summed E-state index contributed by atoms with van der Waals surface area (Å²) in [7, 11) is 0. The molecule has 0 aromatic carbocycles. The predicted molar refractivity (Wildman–Crippen MR) is 80.5 cm³/mol. The Labute approximate surface area is 128 Å². The Morgan fingerprint density at radius 1 is 1.43 bits per heavy atom. The molecule has 1 N–H and O–H groups in total. The van der Waals surface area contributed by atoms with Crippen molar-refractivity contribution in [3.8, 4) is 6.07 Å². The van der Waals surface area contributed by atoms with Gasteiger partial charge in [0.1, 0.15) is 12.2 Å². The van der Waals surface area contributed by atoms with E-state index in [4.69, 9.17) is 5.26 Å². The zero-order valence-electron chi connectivity index (χ0n) is 12.0. The molecule has 1 aliphatic heterocycles. The predicted octanol–water partition coefficient (Wildman–Crippen LogP) is 2.77. The zero-order valence-corrected chi connectivity index (χ0v) is 12.8. The minimum absolute atomic E-state index is 0.0247. The Bertz CT molecular complexity index is 607. The SMILES string of the molecule is N#Cc1csc([C@H]2NC3(CCCC3)C(=O)N2CC2CC2)c1. The standard InChI is InChI=1S/C16H19N3OS/c17-8-12-7-13(21-10-12)14-18-16(5-1-2-6-16)15(20)19(14)9-11-3-4-11/h7,10-11,14,18H,1-6,9H2/t14-/m0/s1. The maximum Gasteiger partial charge on any atom is 0.244 e. The second kappa shape index (κ2) is 4.82. The van der Waals surface area contributed by atoms with Gasteiger partial charge in [-0.05, 0) is 37.7 Å². The van der Waals surface area contributed by atoms with Crippen molar-refractivity contribution in [2.45, 2.75) is 50.2 Å². The quantitative estimate of drug-likeness (QED) is 0.934. The normalized spacial score (nSPS) is 27.5. The van der Waals surface area contributed by atoms with Gasteiger partial charge in [-0.25, -0.2) is 0 Å². The van der Waals surface area contributed by atoms with Crippen LogP contribution in [0.4, 0.5) is 0 Å². The molecule has 1 atom stereocenters. The number of amides is 1. The van der Waals surface area contributed by atoms with E-state index < -0.39 is 0 Å². The van der Waals surface area contributed by atoms with Gasteiger partial charge in [0.25, 0.3) is 0 Å². The van der Waals surface area contributed by atoms with E-state index in [1.807, 2.05) is 11.4 Å². The molecule has 1 amide bonds. The Balaban J connectivity index is 1.66. The Morgan fingerprint density at radius 2 is 2.19 bits per heavy atom. The molecule has 1 saturated heterocycles. The van der Waals surface area contributed by atoms with Crippen LogP contribution in [0.2, 0.25) is 0 Å². The summed E-state index contributed by atoms with van der Waals surface area (Å²) in [5, 5.41) is 14.5. The zero-order chi connectivity index (χ0) is 14.4. The second-order valence-corrected chi connectivity index (χ2v) is 7.53. The lowest BCUT2D eigenvalue weighted by atomic mass is 9.98. The number of carbonyl (C=O) groups is 1. The maximum atomic E-state index is 13.0. The summed E-state index contributed by atoms with van der Waals surface area (Å²) in [6, 6.07) is 4.12. The van der Waals surface area contributed by atoms with Gasteiger partial charge in [0.2, 0.25) is 5.91 Å². The lowest BCUT2D eigenvalue weighted by Crippen LogP contribution is -2.44. The van der Waals surface area contributed by atoms with Crippen LogP contribution in [-0.2, 0) is 4.79 Å². The third-order valence-electron chi connectivity index (χ3n) is 5.02. The van der Waals surface area contributed by atoms with Crippen LogP contribution in [0.15, 0.2) is 11.4 Å². The molecule has 4 rings (SSSR count). The third-order valence-corrected chi connectivity index (χ3v) is 6.01. The first-order chi connectivity index (χ1) is 10.2. The molecule has 0 bridgehead atoms. The molecule has 5 heteroatoms. The van der Waals surface area contributed by atoms with Crippen LogP contribution < -0.4 is 5.32 Å². The Kier molecular flexibility index (Phi) is 3.05. The average Bonchev–Trinajstić information content (AvgIpc) is 2.92.